The summed E-state index contributed by atoms with van der Waals surface area (Å²) in [6, 6.07) is 7.52. The summed E-state index contributed by atoms with van der Waals surface area (Å²) in [4.78, 5) is 28.3. The van der Waals surface area contributed by atoms with Gasteiger partial charge >= 0.3 is 12.1 Å². The fraction of sp³-hybridized carbons (Fsp3) is 0.600. The van der Waals surface area contributed by atoms with Crippen molar-refractivity contribution in [3.05, 3.63) is 58.4 Å². The van der Waals surface area contributed by atoms with Gasteiger partial charge in [-0.3, -0.25) is 9.69 Å². The van der Waals surface area contributed by atoms with Crippen molar-refractivity contribution in [2.75, 3.05) is 45.0 Å². The van der Waals surface area contributed by atoms with Crippen molar-refractivity contribution in [3.63, 3.8) is 0 Å². The van der Waals surface area contributed by atoms with Crippen LogP contribution in [0.1, 0.15) is 86.8 Å². The number of ether oxygens (including phenoxy) is 3. The van der Waals surface area contributed by atoms with Crippen molar-refractivity contribution in [2.24, 2.45) is 0 Å². The standard InChI is InChI=1S/C19H27FN2O3.C11H10F3NO2.C3H6.C2H6/c1-13-11-21(16-5-4-14(2)25-12-16)8-9-22(13)15-6-7-18(20)17(10-15)19(23)24-3;1-7-2-9(11(12,13)14)3-8-4-15(5-16)6-17-10(7)8;1-2-3-1;1-2/h6-7,10,13-14,16H,4-5,8-9,11-12H2,1-3H3;2-3,5H,4,6H2,1H3;1-3H2;1-2H3. The first-order chi connectivity index (χ1) is 22.4. The van der Waals surface area contributed by atoms with Crippen molar-refractivity contribution in [1.82, 2.24) is 9.80 Å². The molecule has 47 heavy (non-hydrogen) atoms. The predicted octanol–water partition coefficient (Wildman–Crippen LogP) is 7.21. The molecule has 2 saturated heterocycles. The number of carbonyl (C=O) groups excluding carboxylic acids is 2. The minimum absolute atomic E-state index is 0.00991. The number of benzene rings is 2. The highest BCUT2D eigenvalue weighted by molar-refractivity contribution is 5.90. The second-order valence-electron chi connectivity index (χ2n) is 12.0. The molecule has 3 atom stereocenters. The highest BCUT2D eigenvalue weighted by Crippen LogP contribution is 2.36. The molecule has 0 aromatic heterocycles. The average molecular weight is 668 g/mol. The molecule has 1 aliphatic carbocycles. The summed E-state index contributed by atoms with van der Waals surface area (Å²) in [6.45, 7) is 13.6. The van der Waals surface area contributed by atoms with Crippen molar-refractivity contribution < 1.29 is 41.4 Å². The smallest absolute Gasteiger partial charge is 0.416 e. The molecule has 1 saturated carbocycles. The van der Waals surface area contributed by atoms with E-state index in [1.807, 2.05) is 13.8 Å². The predicted molar refractivity (Wildman–Crippen MR) is 173 cm³/mol. The zero-order valence-corrected chi connectivity index (χ0v) is 28.4. The van der Waals surface area contributed by atoms with Crippen molar-refractivity contribution in [2.45, 2.75) is 97.6 Å². The first kappa shape index (κ1) is 38.1. The Hall–Kier alpha value is -3.38. The first-order valence-electron chi connectivity index (χ1n) is 16.4. The number of alkyl halides is 3. The lowest BCUT2D eigenvalue weighted by Gasteiger charge is -2.45. The van der Waals surface area contributed by atoms with Crippen LogP contribution in [-0.4, -0.2) is 80.4 Å². The van der Waals surface area contributed by atoms with Gasteiger partial charge < -0.3 is 24.0 Å². The summed E-state index contributed by atoms with van der Waals surface area (Å²) < 4.78 is 67.4. The average Bonchev–Trinajstić information content (AvgIpc) is 3.96. The monoisotopic (exact) mass is 667 g/mol. The Morgan fingerprint density at radius 2 is 1.74 bits per heavy atom. The molecule has 3 heterocycles. The Morgan fingerprint density at radius 1 is 1.04 bits per heavy atom. The number of aryl methyl sites for hydroxylation is 1. The van der Waals surface area contributed by atoms with Crippen molar-refractivity contribution in [3.8, 4) is 5.75 Å². The number of piperazine rings is 1. The number of rotatable bonds is 4. The van der Waals surface area contributed by atoms with E-state index in [4.69, 9.17) is 9.47 Å². The van der Waals surface area contributed by atoms with Crippen LogP contribution in [0.3, 0.4) is 0 Å². The fourth-order valence-electron chi connectivity index (χ4n) is 5.63. The molecule has 3 fully saturated rings. The van der Waals surface area contributed by atoms with Crippen LogP contribution < -0.4 is 9.64 Å². The van der Waals surface area contributed by atoms with Crippen LogP contribution in [-0.2, 0) is 27.0 Å². The van der Waals surface area contributed by atoms with E-state index in [-0.39, 0.29) is 24.9 Å². The molecule has 2 aromatic rings. The molecular weight excluding hydrogens is 618 g/mol. The highest BCUT2D eigenvalue weighted by atomic mass is 19.4. The molecule has 3 aliphatic heterocycles. The molecule has 2 aromatic carbocycles. The second-order valence-corrected chi connectivity index (χ2v) is 12.0. The number of esters is 1. The summed E-state index contributed by atoms with van der Waals surface area (Å²) in [6.07, 6.45) is 3.32. The lowest BCUT2D eigenvalue weighted by molar-refractivity contribution is -0.137. The SMILES string of the molecule is C1CC1.CC.COC(=O)c1cc(N2CCN(C3CCC(C)OC3)CC2C)ccc1F.Cc1cc(C(F)(F)F)cc2c1OCN(C=O)C2. The van der Waals surface area contributed by atoms with Crippen LogP contribution in [0, 0.1) is 12.7 Å². The zero-order chi connectivity index (χ0) is 34.7. The summed E-state index contributed by atoms with van der Waals surface area (Å²) in [5, 5.41) is 0. The Labute approximate surface area is 275 Å². The Balaban J connectivity index is 0.000000235. The zero-order valence-electron chi connectivity index (χ0n) is 28.4. The van der Waals surface area contributed by atoms with E-state index in [1.54, 1.807) is 19.1 Å². The van der Waals surface area contributed by atoms with E-state index in [2.05, 4.69) is 28.4 Å². The third-order valence-electron chi connectivity index (χ3n) is 8.27. The van der Waals surface area contributed by atoms with E-state index in [1.165, 1.54) is 43.8 Å². The minimum Gasteiger partial charge on any atom is -0.472 e. The number of methoxy groups -OCH3 is 1. The molecule has 6 rings (SSSR count). The van der Waals surface area contributed by atoms with Gasteiger partial charge in [-0.1, -0.05) is 33.1 Å². The number of nitrogens with zero attached hydrogens (tertiary/aromatic N) is 3. The molecule has 4 aliphatic rings. The van der Waals surface area contributed by atoms with Gasteiger partial charge in [0.2, 0.25) is 6.41 Å². The van der Waals surface area contributed by atoms with Gasteiger partial charge in [0.05, 0.1) is 37.5 Å². The Morgan fingerprint density at radius 3 is 2.30 bits per heavy atom. The lowest BCUT2D eigenvalue weighted by atomic mass is 10.0. The highest BCUT2D eigenvalue weighted by Gasteiger charge is 2.33. The molecule has 1 amide bonds. The van der Waals surface area contributed by atoms with E-state index >= 15 is 0 Å². The normalized spacial score (nSPS) is 22.0. The molecule has 0 radical (unpaired) electrons. The van der Waals surface area contributed by atoms with Gasteiger partial charge in [0.15, 0.2) is 6.73 Å². The summed E-state index contributed by atoms with van der Waals surface area (Å²) in [5.41, 5.74) is 0.952. The molecule has 262 valence electrons. The molecule has 0 bridgehead atoms. The van der Waals surface area contributed by atoms with Crippen molar-refractivity contribution in [1.29, 1.82) is 0 Å². The third-order valence-corrected chi connectivity index (χ3v) is 8.27. The van der Waals surface area contributed by atoms with Gasteiger partial charge in [-0.2, -0.15) is 13.2 Å². The third kappa shape index (κ3) is 10.8. The fourth-order valence-corrected chi connectivity index (χ4v) is 5.63. The topological polar surface area (TPSA) is 71.6 Å². The van der Waals surface area contributed by atoms with Gasteiger partial charge in [-0.25, -0.2) is 9.18 Å². The number of anilines is 1. The van der Waals surface area contributed by atoms with Crippen LogP contribution in [0.4, 0.5) is 23.2 Å². The van der Waals surface area contributed by atoms with E-state index in [0.717, 1.165) is 50.5 Å². The largest absolute Gasteiger partial charge is 0.472 e. The maximum absolute atomic E-state index is 13.9. The number of fused-ring (bicyclic) bond motifs is 1. The maximum Gasteiger partial charge on any atom is 0.416 e. The Bertz CT molecular complexity index is 1310. The van der Waals surface area contributed by atoms with Gasteiger partial charge in [-0.05, 0) is 69.5 Å². The second kappa shape index (κ2) is 17.7. The summed E-state index contributed by atoms with van der Waals surface area (Å²) in [5.74, 6) is -0.745. The van der Waals surface area contributed by atoms with Gasteiger partial charge in [0.25, 0.3) is 0 Å². The first-order valence-corrected chi connectivity index (χ1v) is 16.4. The van der Waals surface area contributed by atoms with Gasteiger partial charge in [0, 0.05) is 43.0 Å². The van der Waals surface area contributed by atoms with Crippen LogP contribution in [0.25, 0.3) is 0 Å². The van der Waals surface area contributed by atoms with Gasteiger partial charge in [-0.15, -0.1) is 0 Å². The van der Waals surface area contributed by atoms with E-state index in [9.17, 15) is 27.2 Å². The molecule has 0 N–H and O–H groups in total. The van der Waals surface area contributed by atoms with E-state index < -0.39 is 23.5 Å². The molecular formula is C35H49F4N3O5. The number of halogens is 4. The Kier molecular flexibility index (Phi) is 14.3. The van der Waals surface area contributed by atoms with Crippen LogP contribution in [0.2, 0.25) is 0 Å². The minimum atomic E-state index is -4.39. The van der Waals surface area contributed by atoms with Crippen molar-refractivity contribution >= 4 is 18.1 Å². The molecule has 0 spiro atoms. The molecule has 12 heteroatoms. The van der Waals surface area contributed by atoms with Gasteiger partial charge in [0.1, 0.15) is 11.6 Å². The maximum atomic E-state index is 13.9. The van der Waals surface area contributed by atoms with Crippen LogP contribution in [0.15, 0.2) is 30.3 Å². The summed E-state index contributed by atoms with van der Waals surface area (Å²) in [7, 11) is 1.27. The number of carbonyl (C=O) groups is 2. The summed E-state index contributed by atoms with van der Waals surface area (Å²) >= 11 is 0. The lowest BCUT2D eigenvalue weighted by Crippen LogP contribution is -2.56. The van der Waals surface area contributed by atoms with Crippen LogP contribution >= 0.6 is 0 Å². The number of amides is 1. The number of hydrogen-bond acceptors (Lipinski definition) is 7. The number of hydrogen-bond donors (Lipinski definition) is 0. The van der Waals surface area contributed by atoms with Crippen LogP contribution in [0.5, 0.6) is 5.75 Å². The molecule has 8 nitrogen and oxygen atoms in total. The quantitative estimate of drug-likeness (QED) is 0.194. The molecule has 3 unspecified atom stereocenters. The van der Waals surface area contributed by atoms with E-state index in [0.29, 0.717) is 35.4 Å².